The summed E-state index contributed by atoms with van der Waals surface area (Å²) >= 11 is 9.21. The summed E-state index contributed by atoms with van der Waals surface area (Å²) in [5.74, 6) is 0.493. The first-order chi connectivity index (χ1) is 8.56. The maximum Gasteiger partial charge on any atom is 0.250 e. The smallest absolute Gasteiger partial charge is 0.250 e. The number of aromatic nitrogens is 1. The summed E-state index contributed by atoms with van der Waals surface area (Å²) in [6.07, 6.45) is 3.22. The van der Waals surface area contributed by atoms with E-state index in [-0.39, 0.29) is 10.6 Å². The lowest BCUT2D eigenvalue weighted by Crippen LogP contribution is -2.11. The zero-order chi connectivity index (χ0) is 13.1. The van der Waals surface area contributed by atoms with E-state index >= 15 is 0 Å². The van der Waals surface area contributed by atoms with Crippen LogP contribution in [0.15, 0.2) is 41.1 Å². The van der Waals surface area contributed by atoms with Gasteiger partial charge in [0.15, 0.2) is 0 Å². The van der Waals surface area contributed by atoms with Crippen LogP contribution in [0.4, 0.5) is 0 Å². The third-order valence-electron chi connectivity index (χ3n) is 2.12. The number of halogens is 2. The predicted octanol–water partition coefficient (Wildman–Crippen LogP) is 3.39. The van der Waals surface area contributed by atoms with Crippen molar-refractivity contribution in [1.29, 1.82) is 0 Å². The fraction of sp³-hybridized carbons (Fsp3) is 0. The number of nitrogens with zero attached hydrogens (tertiary/aromatic N) is 1. The van der Waals surface area contributed by atoms with Gasteiger partial charge in [0.1, 0.15) is 11.5 Å². The first kappa shape index (κ1) is 12.9. The minimum Gasteiger partial charge on any atom is -0.456 e. The molecule has 1 aromatic heterocycles. The third kappa shape index (κ3) is 3.00. The molecule has 92 valence electrons. The van der Waals surface area contributed by atoms with Gasteiger partial charge in [0.05, 0.1) is 16.8 Å². The van der Waals surface area contributed by atoms with Gasteiger partial charge in [0, 0.05) is 16.7 Å². The molecule has 0 atom stereocenters. The zero-order valence-corrected chi connectivity index (χ0v) is 11.4. The molecule has 0 aliphatic heterocycles. The van der Waals surface area contributed by atoms with Crippen molar-refractivity contribution in [3.63, 3.8) is 0 Å². The number of nitrogens with two attached hydrogens (primary N) is 1. The molecule has 0 unspecified atom stereocenters. The molecular weight excluding hydrogens is 320 g/mol. The quantitative estimate of drug-likeness (QED) is 0.939. The van der Waals surface area contributed by atoms with Crippen LogP contribution < -0.4 is 10.5 Å². The van der Waals surface area contributed by atoms with E-state index in [1.165, 1.54) is 12.1 Å². The fourth-order valence-electron chi connectivity index (χ4n) is 1.34. The SMILES string of the molecule is NC(=O)c1ccc(Oc2cncc(Br)c2)cc1Cl. The molecule has 2 aromatic rings. The first-order valence-electron chi connectivity index (χ1n) is 4.94. The van der Waals surface area contributed by atoms with Crippen LogP contribution in [0.2, 0.25) is 5.02 Å². The number of pyridine rings is 1. The van der Waals surface area contributed by atoms with E-state index < -0.39 is 5.91 Å². The molecule has 0 bridgehead atoms. The van der Waals surface area contributed by atoms with Crippen molar-refractivity contribution in [2.45, 2.75) is 0 Å². The van der Waals surface area contributed by atoms with Crippen LogP contribution in [0.3, 0.4) is 0 Å². The van der Waals surface area contributed by atoms with E-state index in [4.69, 9.17) is 22.1 Å². The number of carbonyl (C=O) groups is 1. The van der Waals surface area contributed by atoms with Crippen LogP contribution in [0.1, 0.15) is 10.4 Å². The van der Waals surface area contributed by atoms with Gasteiger partial charge in [-0.25, -0.2) is 0 Å². The molecule has 1 amide bonds. The van der Waals surface area contributed by atoms with Gasteiger partial charge in [-0.2, -0.15) is 0 Å². The summed E-state index contributed by atoms with van der Waals surface area (Å²) in [6.45, 7) is 0. The molecule has 2 rings (SSSR count). The highest BCUT2D eigenvalue weighted by atomic mass is 79.9. The molecule has 0 aliphatic carbocycles. The van der Waals surface area contributed by atoms with Gasteiger partial charge in [-0.15, -0.1) is 0 Å². The Kier molecular flexibility index (Phi) is 3.84. The van der Waals surface area contributed by atoms with E-state index in [9.17, 15) is 4.79 Å². The normalized spacial score (nSPS) is 10.1. The molecule has 18 heavy (non-hydrogen) atoms. The second kappa shape index (κ2) is 5.37. The lowest BCUT2D eigenvalue weighted by atomic mass is 10.2. The number of amides is 1. The number of benzene rings is 1. The van der Waals surface area contributed by atoms with Crippen LogP contribution in [-0.2, 0) is 0 Å². The molecule has 1 heterocycles. The maximum absolute atomic E-state index is 11.0. The Balaban J connectivity index is 2.25. The van der Waals surface area contributed by atoms with E-state index in [1.54, 1.807) is 24.5 Å². The Morgan fingerprint density at radius 2 is 2.06 bits per heavy atom. The Morgan fingerprint density at radius 1 is 1.28 bits per heavy atom. The number of carbonyl (C=O) groups excluding carboxylic acids is 1. The van der Waals surface area contributed by atoms with Crippen LogP contribution >= 0.6 is 27.5 Å². The Bertz CT molecular complexity index is 604. The number of hydrogen-bond acceptors (Lipinski definition) is 3. The fourth-order valence-corrected chi connectivity index (χ4v) is 1.95. The second-order valence-corrected chi connectivity index (χ2v) is 4.77. The van der Waals surface area contributed by atoms with E-state index in [0.717, 1.165) is 4.47 Å². The number of ether oxygens (including phenoxy) is 1. The average molecular weight is 328 g/mol. The monoisotopic (exact) mass is 326 g/mol. The van der Waals surface area contributed by atoms with Crippen molar-refractivity contribution in [2.24, 2.45) is 5.73 Å². The summed E-state index contributed by atoms with van der Waals surface area (Å²) < 4.78 is 6.35. The molecule has 0 aliphatic rings. The lowest BCUT2D eigenvalue weighted by Gasteiger charge is -2.07. The lowest BCUT2D eigenvalue weighted by molar-refractivity contribution is 0.100. The van der Waals surface area contributed by atoms with Crippen LogP contribution in [0.5, 0.6) is 11.5 Å². The number of hydrogen-bond donors (Lipinski definition) is 1. The molecular formula is C12H8BrClN2O2. The number of primary amides is 1. The van der Waals surface area contributed by atoms with Crippen molar-refractivity contribution in [1.82, 2.24) is 4.98 Å². The second-order valence-electron chi connectivity index (χ2n) is 3.45. The van der Waals surface area contributed by atoms with E-state index in [1.807, 2.05) is 0 Å². The van der Waals surface area contributed by atoms with Crippen molar-refractivity contribution in [3.8, 4) is 11.5 Å². The van der Waals surface area contributed by atoms with Gasteiger partial charge >= 0.3 is 0 Å². The van der Waals surface area contributed by atoms with Crippen molar-refractivity contribution < 1.29 is 9.53 Å². The minimum atomic E-state index is -0.573. The summed E-state index contributed by atoms with van der Waals surface area (Å²) in [6, 6.07) is 6.43. The van der Waals surface area contributed by atoms with Crippen molar-refractivity contribution >= 4 is 33.4 Å². The van der Waals surface area contributed by atoms with Crippen molar-refractivity contribution in [3.05, 3.63) is 51.7 Å². The van der Waals surface area contributed by atoms with Crippen LogP contribution in [-0.4, -0.2) is 10.9 Å². The molecule has 1 aromatic carbocycles. The molecule has 0 saturated heterocycles. The Morgan fingerprint density at radius 3 is 2.67 bits per heavy atom. The van der Waals surface area contributed by atoms with Crippen molar-refractivity contribution in [2.75, 3.05) is 0 Å². The summed E-state index contributed by atoms with van der Waals surface area (Å²) in [7, 11) is 0. The first-order valence-corrected chi connectivity index (χ1v) is 6.11. The highest BCUT2D eigenvalue weighted by molar-refractivity contribution is 9.10. The maximum atomic E-state index is 11.0. The van der Waals surface area contributed by atoms with Gasteiger partial charge in [-0.3, -0.25) is 9.78 Å². The largest absolute Gasteiger partial charge is 0.456 e. The summed E-state index contributed by atoms with van der Waals surface area (Å²) in [5, 5.41) is 0.253. The molecule has 0 spiro atoms. The Labute approximate surface area is 117 Å². The summed E-state index contributed by atoms with van der Waals surface area (Å²) in [5.41, 5.74) is 5.42. The zero-order valence-electron chi connectivity index (χ0n) is 9.06. The molecule has 6 heteroatoms. The highest BCUT2D eigenvalue weighted by Gasteiger charge is 2.08. The third-order valence-corrected chi connectivity index (χ3v) is 2.87. The highest BCUT2D eigenvalue weighted by Crippen LogP contribution is 2.27. The molecule has 0 radical (unpaired) electrons. The van der Waals surface area contributed by atoms with Crippen LogP contribution in [0.25, 0.3) is 0 Å². The predicted molar refractivity (Wildman–Crippen MR) is 72.0 cm³/mol. The summed E-state index contributed by atoms with van der Waals surface area (Å²) in [4.78, 5) is 15.0. The van der Waals surface area contributed by atoms with E-state index in [2.05, 4.69) is 20.9 Å². The number of rotatable bonds is 3. The standard InChI is InChI=1S/C12H8BrClN2O2/c13-7-3-9(6-16-5-7)18-8-1-2-10(12(15)17)11(14)4-8/h1-6H,(H2,15,17). The molecule has 2 N–H and O–H groups in total. The van der Waals surface area contributed by atoms with E-state index in [0.29, 0.717) is 11.5 Å². The van der Waals surface area contributed by atoms with Gasteiger partial charge in [0.2, 0.25) is 5.91 Å². The van der Waals surface area contributed by atoms with Gasteiger partial charge in [0.25, 0.3) is 0 Å². The molecule has 0 saturated carbocycles. The molecule has 0 fully saturated rings. The van der Waals surface area contributed by atoms with Gasteiger partial charge in [-0.1, -0.05) is 11.6 Å². The Hall–Kier alpha value is -1.59. The average Bonchev–Trinajstić information content (AvgIpc) is 2.28. The molecule has 4 nitrogen and oxygen atoms in total. The van der Waals surface area contributed by atoms with Gasteiger partial charge < -0.3 is 10.5 Å². The van der Waals surface area contributed by atoms with Crippen LogP contribution in [0, 0.1) is 0 Å². The van der Waals surface area contributed by atoms with Gasteiger partial charge in [-0.05, 0) is 34.1 Å². The topological polar surface area (TPSA) is 65.2 Å². The minimum absolute atomic E-state index is 0.253.